The Morgan fingerprint density at radius 2 is 2.27 bits per heavy atom. The van der Waals surface area contributed by atoms with Gasteiger partial charge in [0.1, 0.15) is 12.1 Å². The summed E-state index contributed by atoms with van der Waals surface area (Å²) in [6.45, 7) is 0. The van der Waals surface area contributed by atoms with Gasteiger partial charge in [-0.2, -0.15) is 0 Å². The van der Waals surface area contributed by atoms with E-state index in [-0.39, 0.29) is 5.69 Å². The Labute approximate surface area is 84.7 Å². The van der Waals surface area contributed by atoms with E-state index in [2.05, 4.69) is 15.0 Å². The number of nitrogens with one attached hydrogen (secondary N) is 1. The lowest BCUT2D eigenvalue weighted by Crippen LogP contribution is -2.12. The van der Waals surface area contributed by atoms with E-state index in [9.17, 15) is 9.18 Å². The smallest absolute Gasteiger partial charge is 0.277 e. The van der Waals surface area contributed by atoms with Crippen molar-refractivity contribution in [3.8, 4) is 0 Å². The van der Waals surface area contributed by atoms with Crippen molar-refractivity contribution in [3.05, 3.63) is 48.1 Å². The predicted molar refractivity (Wildman–Crippen MR) is 50.9 cm³/mol. The zero-order chi connectivity index (χ0) is 10.7. The first-order valence-electron chi connectivity index (χ1n) is 4.23. The molecule has 0 saturated carbocycles. The molecule has 0 fully saturated rings. The maximum atomic E-state index is 12.8. The van der Waals surface area contributed by atoms with Crippen LogP contribution in [0.15, 0.2) is 41.1 Å². The molecule has 0 unspecified atom stereocenters. The molecule has 0 radical (unpaired) electrons. The molecule has 15 heavy (non-hydrogen) atoms. The molecular formula is C10H7FN2O2. The van der Waals surface area contributed by atoms with Crippen molar-refractivity contribution in [1.82, 2.24) is 5.16 Å². The van der Waals surface area contributed by atoms with Gasteiger partial charge in [-0.1, -0.05) is 11.2 Å². The van der Waals surface area contributed by atoms with Crippen molar-refractivity contribution in [2.45, 2.75) is 0 Å². The Hall–Kier alpha value is -2.17. The normalized spacial score (nSPS) is 9.93. The average molecular weight is 206 g/mol. The number of benzene rings is 1. The SMILES string of the molecule is O=C(Nc1cccc(F)c1)c1ccon1. The fraction of sp³-hybridized carbons (Fsp3) is 0. The number of nitrogens with zero attached hydrogens (tertiary/aromatic N) is 1. The third kappa shape index (κ3) is 2.19. The summed E-state index contributed by atoms with van der Waals surface area (Å²) >= 11 is 0. The predicted octanol–water partition coefficient (Wildman–Crippen LogP) is 2.07. The van der Waals surface area contributed by atoms with Crippen molar-refractivity contribution < 1.29 is 13.7 Å². The number of aromatic nitrogens is 1. The Balaban J connectivity index is 2.13. The van der Waals surface area contributed by atoms with Gasteiger partial charge >= 0.3 is 0 Å². The number of carbonyl (C=O) groups is 1. The Morgan fingerprint density at radius 1 is 1.40 bits per heavy atom. The van der Waals surface area contributed by atoms with Crippen molar-refractivity contribution in [1.29, 1.82) is 0 Å². The zero-order valence-corrected chi connectivity index (χ0v) is 7.61. The number of halogens is 1. The van der Waals surface area contributed by atoms with Gasteiger partial charge in [0.2, 0.25) is 0 Å². The van der Waals surface area contributed by atoms with Crippen LogP contribution in [-0.2, 0) is 0 Å². The second kappa shape index (κ2) is 3.91. The number of amides is 1. The van der Waals surface area contributed by atoms with Crippen molar-refractivity contribution in [2.75, 3.05) is 5.32 Å². The molecular weight excluding hydrogens is 199 g/mol. The minimum atomic E-state index is -0.436. The number of anilines is 1. The lowest BCUT2D eigenvalue weighted by Gasteiger charge is -2.01. The Morgan fingerprint density at radius 3 is 2.93 bits per heavy atom. The zero-order valence-electron chi connectivity index (χ0n) is 7.61. The summed E-state index contributed by atoms with van der Waals surface area (Å²) < 4.78 is 17.3. The molecule has 1 aromatic carbocycles. The van der Waals surface area contributed by atoms with E-state index in [1.54, 1.807) is 6.07 Å². The molecule has 0 aliphatic rings. The van der Waals surface area contributed by atoms with Gasteiger partial charge in [0.25, 0.3) is 5.91 Å². The van der Waals surface area contributed by atoms with Crippen LogP contribution in [0.5, 0.6) is 0 Å². The van der Waals surface area contributed by atoms with Gasteiger partial charge in [-0.15, -0.1) is 0 Å². The highest BCUT2D eigenvalue weighted by Gasteiger charge is 2.08. The summed E-state index contributed by atoms with van der Waals surface area (Å²) in [6.07, 6.45) is 1.29. The first kappa shape index (κ1) is 9.39. The molecule has 0 aliphatic carbocycles. The summed E-state index contributed by atoms with van der Waals surface area (Å²) in [5, 5.41) is 5.94. The van der Waals surface area contributed by atoms with E-state index >= 15 is 0 Å². The van der Waals surface area contributed by atoms with Crippen LogP contribution < -0.4 is 5.32 Å². The first-order chi connectivity index (χ1) is 7.25. The molecule has 5 heteroatoms. The van der Waals surface area contributed by atoms with E-state index in [0.717, 1.165) is 0 Å². The molecule has 2 rings (SSSR count). The topological polar surface area (TPSA) is 55.1 Å². The van der Waals surface area contributed by atoms with E-state index in [1.165, 1.54) is 30.5 Å². The highest BCUT2D eigenvalue weighted by Crippen LogP contribution is 2.10. The lowest BCUT2D eigenvalue weighted by atomic mass is 10.3. The van der Waals surface area contributed by atoms with Crippen molar-refractivity contribution in [3.63, 3.8) is 0 Å². The van der Waals surface area contributed by atoms with Crippen LogP contribution in [0.1, 0.15) is 10.5 Å². The third-order valence-corrected chi connectivity index (χ3v) is 1.75. The standard InChI is InChI=1S/C10H7FN2O2/c11-7-2-1-3-8(6-7)12-10(14)9-4-5-15-13-9/h1-6H,(H,12,14). The van der Waals surface area contributed by atoms with Crippen molar-refractivity contribution in [2.24, 2.45) is 0 Å². The Kier molecular flexibility index (Phi) is 2.45. The summed E-state index contributed by atoms with van der Waals surface area (Å²) in [5.41, 5.74) is 0.530. The molecule has 0 atom stereocenters. The number of carbonyl (C=O) groups excluding carboxylic acids is 1. The van der Waals surface area contributed by atoms with Gasteiger partial charge in [-0.3, -0.25) is 4.79 Å². The maximum Gasteiger partial charge on any atom is 0.277 e. The minimum Gasteiger partial charge on any atom is -0.364 e. The van der Waals surface area contributed by atoms with Gasteiger partial charge in [-0.05, 0) is 18.2 Å². The number of hydrogen-bond acceptors (Lipinski definition) is 3. The molecule has 1 amide bonds. The Bertz CT molecular complexity index is 468. The van der Waals surface area contributed by atoms with Gasteiger partial charge in [0, 0.05) is 11.8 Å². The van der Waals surface area contributed by atoms with Crippen LogP contribution in [0.2, 0.25) is 0 Å². The molecule has 76 valence electrons. The lowest BCUT2D eigenvalue weighted by molar-refractivity contribution is 0.101. The van der Waals surface area contributed by atoms with Crippen LogP contribution in [-0.4, -0.2) is 11.1 Å². The molecule has 4 nitrogen and oxygen atoms in total. The van der Waals surface area contributed by atoms with E-state index in [1.807, 2.05) is 0 Å². The molecule has 0 saturated heterocycles. The summed E-state index contributed by atoms with van der Waals surface area (Å²) in [7, 11) is 0. The highest BCUT2D eigenvalue weighted by atomic mass is 19.1. The summed E-state index contributed by atoms with van der Waals surface area (Å²) in [6, 6.07) is 7.03. The van der Waals surface area contributed by atoms with Crippen LogP contribution in [0, 0.1) is 5.82 Å². The average Bonchev–Trinajstić information content (AvgIpc) is 2.70. The molecule has 1 N–H and O–H groups in total. The molecule has 0 spiro atoms. The summed E-state index contributed by atoms with van der Waals surface area (Å²) in [5.74, 6) is -0.845. The van der Waals surface area contributed by atoms with Gasteiger partial charge in [0.15, 0.2) is 5.69 Å². The van der Waals surface area contributed by atoms with Crippen LogP contribution in [0.4, 0.5) is 10.1 Å². The van der Waals surface area contributed by atoms with E-state index < -0.39 is 11.7 Å². The van der Waals surface area contributed by atoms with Crippen LogP contribution in [0.3, 0.4) is 0 Å². The second-order valence-electron chi connectivity index (χ2n) is 2.85. The molecule has 0 bridgehead atoms. The van der Waals surface area contributed by atoms with Gasteiger partial charge in [-0.25, -0.2) is 4.39 Å². The van der Waals surface area contributed by atoms with Crippen LogP contribution >= 0.6 is 0 Å². The maximum absolute atomic E-state index is 12.8. The minimum absolute atomic E-state index is 0.152. The molecule has 0 aliphatic heterocycles. The van der Waals surface area contributed by atoms with Crippen molar-refractivity contribution >= 4 is 11.6 Å². The second-order valence-corrected chi connectivity index (χ2v) is 2.85. The highest BCUT2D eigenvalue weighted by molar-refractivity contribution is 6.02. The summed E-state index contributed by atoms with van der Waals surface area (Å²) in [4.78, 5) is 11.4. The number of hydrogen-bond donors (Lipinski definition) is 1. The quantitative estimate of drug-likeness (QED) is 0.818. The molecule has 1 aromatic heterocycles. The molecule has 1 heterocycles. The molecule has 2 aromatic rings. The van der Waals surface area contributed by atoms with E-state index in [4.69, 9.17) is 0 Å². The first-order valence-corrected chi connectivity index (χ1v) is 4.23. The van der Waals surface area contributed by atoms with Gasteiger partial charge in [0.05, 0.1) is 0 Å². The van der Waals surface area contributed by atoms with Crippen LogP contribution in [0.25, 0.3) is 0 Å². The van der Waals surface area contributed by atoms with E-state index in [0.29, 0.717) is 5.69 Å². The van der Waals surface area contributed by atoms with Gasteiger partial charge < -0.3 is 9.84 Å². The fourth-order valence-electron chi connectivity index (χ4n) is 1.09. The number of rotatable bonds is 2. The largest absolute Gasteiger partial charge is 0.364 e. The fourth-order valence-corrected chi connectivity index (χ4v) is 1.09. The third-order valence-electron chi connectivity index (χ3n) is 1.75. The monoisotopic (exact) mass is 206 g/mol.